The van der Waals surface area contributed by atoms with Crippen molar-refractivity contribution in [3.05, 3.63) is 91.0 Å². The van der Waals surface area contributed by atoms with E-state index < -0.39 is 35.0 Å². The molecule has 6 rings (SSSR count). The summed E-state index contributed by atoms with van der Waals surface area (Å²) in [5.41, 5.74) is 6.90. The molecule has 0 aliphatic carbocycles. The number of amidine groups is 1. The second-order valence-corrected chi connectivity index (χ2v) is 9.61. The number of benzene rings is 3. The molecule has 10 nitrogen and oxygen atoms in total. The van der Waals surface area contributed by atoms with E-state index in [1.165, 1.54) is 15.0 Å². The minimum atomic E-state index is -1.78. The molecule has 10 heteroatoms. The molecule has 3 heterocycles. The van der Waals surface area contributed by atoms with Crippen molar-refractivity contribution in [3.63, 3.8) is 0 Å². The summed E-state index contributed by atoms with van der Waals surface area (Å²) < 4.78 is 0. The largest absolute Gasteiger partial charge is 0.385 e. The molecule has 3 aromatic rings. The van der Waals surface area contributed by atoms with Crippen molar-refractivity contribution in [3.8, 4) is 0 Å². The minimum absolute atomic E-state index is 0.0691. The normalized spacial score (nSPS) is 24.8. The molecule has 0 saturated heterocycles. The molecule has 3 amide bonds. The van der Waals surface area contributed by atoms with Gasteiger partial charge in [-0.1, -0.05) is 54.6 Å². The first-order chi connectivity index (χ1) is 18.9. The van der Waals surface area contributed by atoms with Crippen molar-refractivity contribution in [1.29, 1.82) is 0 Å². The quantitative estimate of drug-likeness (QED) is 0.555. The maximum absolute atomic E-state index is 14.6. The summed E-state index contributed by atoms with van der Waals surface area (Å²) in [6, 6.07) is 26.6. The molecule has 2 N–H and O–H groups in total. The predicted octanol–water partition coefficient (Wildman–Crippen LogP) is 3.37. The molecule has 0 aromatic heterocycles. The summed E-state index contributed by atoms with van der Waals surface area (Å²) in [6.07, 6.45) is 0. The molecule has 0 spiro atoms. The third-order valence-corrected chi connectivity index (χ3v) is 7.41. The lowest BCUT2D eigenvalue weighted by atomic mass is 9.61. The van der Waals surface area contributed by atoms with Crippen LogP contribution in [0.3, 0.4) is 0 Å². The molecule has 0 saturated carbocycles. The van der Waals surface area contributed by atoms with Crippen molar-refractivity contribution in [2.24, 2.45) is 38.3 Å². The average Bonchev–Trinajstić information content (AvgIpc) is 3.53. The summed E-state index contributed by atoms with van der Waals surface area (Å²) in [5.74, 6) is -4.00. The van der Waals surface area contributed by atoms with Crippen molar-refractivity contribution >= 4 is 52.0 Å². The van der Waals surface area contributed by atoms with Crippen LogP contribution in [0.4, 0.5) is 17.1 Å². The Morgan fingerprint density at radius 3 is 1.56 bits per heavy atom. The van der Waals surface area contributed by atoms with Gasteiger partial charge in [-0.3, -0.25) is 14.4 Å². The molecule has 3 aliphatic rings. The molecule has 0 bridgehead atoms. The maximum Gasteiger partial charge on any atom is 0.261 e. The average molecular weight is 520 g/mol. The fourth-order valence-electron chi connectivity index (χ4n) is 5.68. The Balaban J connectivity index is 1.51. The number of carbonyl (C=O) groups is 3. The number of rotatable bonds is 5. The zero-order valence-electron chi connectivity index (χ0n) is 21.3. The molecular weight excluding hydrogens is 494 g/mol. The maximum atomic E-state index is 14.6. The second kappa shape index (κ2) is 9.02. The van der Waals surface area contributed by atoms with Gasteiger partial charge in [0.1, 0.15) is 23.1 Å². The summed E-state index contributed by atoms with van der Waals surface area (Å²) >= 11 is 0. The number of para-hydroxylation sites is 3. The van der Waals surface area contributed by atoms with Gasteiger partial charge in [0.2, 0.25) is 0 Å². The highest BCUT2D eigenvalue weighted by molar-refractivity contribution is 6.33. The van der Waals surface area contributed by atoms with E-state index in [4.69, 9.17) is 5.73 Å². The number of nitrogens with two attached hydrogens (primary N) is 1. The third kappa shape index (κ3) is 3.48. The number of anilines is 3. The van der Waals surface area contributed by atoms with Crippen molar-refractivity contribution in [2.75, 3.05) is 15.0 Å². The first-order valence-corrected chi connectivity index (χ1v) is 12.5. The highest BCUT2D eigenvalue weighted by Gasteiger charge is 2.69. The molecule has 0 unspecified atom stereocenters. The smallest absolute Gasteiger partial charge is 0.261 e. The van der Waals surface area contributed by atoms with E-state index in [2.05, 4.69) is 15.3 Å². The van der Waals surface area contributed by atoms with E-state index in [0.717, 1.165) is 0 Å². The summed E-state index contributed by atoms with van der Waals surface area (Å²) in [5, 5.41) is 17.2. The van der Waals surface area contributed by atoms with Crippen molar-refractivity contribution in [2.45, 2.75) is 13.8 Å². The molecular formula is C29H25N7O3. The van der Waals surface area contributed by atoms with Gasteiger partial charge in [-0.2, -0.15) is 25.3 Å². The Kier molecular flexibility index (Phi) is 5.60. The first-order valence-electron chi connectivity index (χ1n) is 12.5. The molecule has 194 valence electrons. The van der Waals surface area contributed by atoms with Crippen molar-refractivity contribution in [1.82, 2.24) is 0 Å². The van der Waals surface area contributed by atoms with Crippen LogP contribution in [0.1, 0.15) is 13.8 Å². The van der Waals surface area contributed by atoms with Gasteiger partial charge < -0.3 is 5.73 Å². The van der Waals surface area contributed by atoms with Crippen LogP contribution in [0.15, 0.2) is 106 Å². The molecule has 39 heavy (non-hydrogen) atoms. The summed E-state index contributed by atoms with van der Waals surface area (Å²) in [4.78, 5) is 42.8. The summed E-state index contributed by atoms with van der Waals surface area (Å²) in [6.45, 7) is 3.33. The molecule has 3 atom stereocenters. The van der Waals surface area contributed by atoms with Gasteiger partial charge in [0.25, 0.3) is 17.7 Å². The van der Waals surface area contributed by atoms with Gasteiger partial charge in [-0.25, -0.2) is 5.01 Å². The standard InChI is InChI=1S/C29H25N7O3/c1-18-23(26(37)34(31-18)20-12-6-3-7-13-20)29(19(2)32-36(28(29)39)22-16-10-5-11-17-22)24-25(30)33-35(27(24)38)21-14-8-4-9-15-21/h3-17,23-24H,1-2H3,(H2,30,33)/t23-,24+,29-/m0/s1. The fourth-order valence-corrected chi connectivity index (χ4v) is 5.68. The number of hydrazone groups is 3. The molecule has 3 aliphatic heterocycles. The van der Waals surface area contributed by atoms with Gasteiger partial charge in [-0.15, -0.1) is 0 Å². The number of nitrogens with zero attached hydrogens (tertiary/aromatic N) is 6. The highest BCUT2D eigenvalue weighted by Crippen LogP contribution is 2.50. The monoisotopic (exact) mass is 519 g/mol. The van der Waals surface area contributed by atoms with E-state index in [0.29, 0.717) is 22.8 Å². The van der Waals surface area contributed by atoms with Crippen LogP contribution in [0.5, 0.6) is 0 Å². The Labute approximate surface area is 224 Å². The van der Waals surface area contributed by atoms with Crippen LogP contribution in [0, 0.1) is 17.3 Å². The number of amides is 3. The van der Waals surface area contributed by atoms with Gasteiger partial charge >= 0.3 is 0 Å². The lowest BCUT2D eigenvalue weighted by Crippen LogP contribution is -2.59. The van der Waals surface area contributed by atoms with Gasteiger partial charge in [0, 0.05) is 5.71 Å². The van der Waals surface area contributed by atoms with E-state index in [1.54, 1.807) is 86.6 Å². The Morgan fingerprint density at radius 2 is 1.05 bits per heavy atom. The topological polar surface area (TPSA) is 124 Å². The number of hydrogen-bond donors (Lipinski definition) is 1. The van der Waals surface area contributed by atoms with Crippen LogP contribution >= 0.6 is 0 Å². The highest BCUT2D eigenvalue weighted by atomic mass is 16.2. The van der Waals surface area contributed by atoms with E-state index in [-0.39, 0.29) is 11.5 Å². The van der Waals surface area contributed by atoms with Crippen LogP contribution < -0.4 is 20.8 Å². The third-order valence-electron chi connectivity index (χ3n) is 7.41. The first kappa shape index (κ1) is 24.2. The molecule has 3 aromatic carbocycles. The van der Waals surface area contributed by atoms with Gasteiger partial charge in [0.15, 0.2) is 0 Å². The van der Waals surface area contributed by atoms with Crippen molar-refractivity contribution < 1.29 is 14.4 Å². The second-order valence-electron chi connectivity index (χ2n) is 9.61. The van der Waals surface area contributed by atoms with Gasteiger partial charge in [0.05, 0.1) is 22.8 Å². The number of carbonyl (C=O) groups excluding carboxylic acids is 3. The minimum Gasteiger partial charge on any atom is -0.385 e. The fraction of sp³-hybridized carbons (Fsp3) is 0.172. The summed E-state index contributed by atoms with van der Waals surface area (Å²) in [7, 11) is 0. The zero-order chi connectivity index (χ0) is 27.3. The lowest BCUT2D eigenvalue weighted by molar-refractivity contribution is -0.136. The van der Waals surface area contributed by atoms with E-state index >= 15 is 0 Å². The van der Waals surface area contributed by atoms with E-state index in [9.17, 15) is 14.4 Å². The Morgan fingerprint density at radius 1 is 0.615 bits per heavy atom. The molecule has 0 radical (unpaired) electrons. The zero-order valence-corrected chi connectivity index (χ0v) is 21.3. The van der Waals surface area contributed by atoms with Crippen LogP contribution in [0.25, 0.3) is 0 Å². The SMILES string of the molecule is CC1=NN(c2ccccc2)C(=O)[C@H]1[C@@]1([C@H]2C(=O)N(c3ccccc3)N=C2N)C(=O)N(c2ccccc2)N=C1C. The number of hydrogen-bond acceptors (Lipinski definition) is 7. The Bertz CT molecular complexity index is 1490. The van der Waals surface area contributed by atoms with Gasteiger partial charge in [-0.05, 0) is 50.2 Å². The predicted molar refractivity (Wildman–Crippen MR) is 149 cm³/mol. The Hall–Kier alpha value is -5.12. The molecule has 0 fully saturated rings. The van der Waals surface area contributed by atoms with Crippen LogP contribution in [0.2, 0.25) is 0 Å². The van der Waals surface area contributed by atoms with Crippen LogP contribution in [-0.4, -0.2) is 35.0 Å². The van der Waals surface area contributed by atoms with E-state index in [1.807, 2.05) is 18.2 Å². The lowest BCUT2D eigenvalue weighted by Gasteiger charge is -2.36. The van der Waals surface area contributed by atoms with Crippen LogP contribution in [-0.2, 0) is 14.4 Å².